The monoisotopic (exact) mass is 364 g/mol. The van der Waals surface area contributed by atoms with Gasteiger partial charge in [-0.1, -0.05) is 37.3 Å². The van der Waals surface area contributed by atoms with Crippen LogP contribution in [0.1, 0.15) is 24.6 Å². The Morgan fingerprint density at radius 1 is 0.962 bits per heavy atom. The van der Waals surface area contributed by atoms with Crippen molar-refractivity contribution in [1.82, 2.24) is 0 Å². The molecule has 2 aromatic carbocycles. The van der Waals surface area contributed by atoms with Gasteiger partial charge in [0.2, 0.25) is 0 Å². The number of halogens is 1. The standard InChI is InChI=1S/C23H21FOS/c1-2-20-12-14-23(26-20)21-13-9-17(15-22(21)24)16-7-10-19(11-8-16)25-18-5-3-4-6-18/h3-4,7-15,18H,2,5-6H2,1H3. The normalized spacial score (nSPS) is 14.1. The molecule has 1 nitrogen and oxygen atoms in total. The van der Waals surface area contributed by atoms with E-state index in [0.717, 1.165) is 41.0 Å². The number of hydrogen-bond donors (Lipinski definition) is 0. The van der Waals surface area contributed by atoms with Gasteiger partial charge in [-0.3, -0.25) is 0 Å². The molecule has 1 aliphatic rings. The van der Waals surface area contributed by atoms with Gasteiger partial charge in [0.15, 0.2) is 0 Å². The van der Waals surface area contributed by atoms with Crippen LogP contribution in [0.15, 0.2) is 66.7 Å². The molecule has 0 amide bonds. The topological polar surface area (TPSA) is 9.23 Å². The number of thiophene rings is 1. The van der Waals surface area contributed by atoms with Gasteiger partial charge in [0.1, 0.15) is 17.7 Å². The lowest BCUT2D eigenvalue weighted by Gasteiger charge is -2.13. The van der Waals surface area contributed by atoms with Gasteiger partial charge < -0.3 is 4.74 Å². The van der Waals surface area contributed by atoms with Crippen molar-refractivity contribution in [2.75, 3.05) is 0 Å². The summed E-state index contributed by atoms with van der Waals surface area (Å²) in [7, 11) is 0. The highest BCUT2D eigenvalue weighted by atomic mass is 32.1. The van der Waals surface area contributed by atoms with E-state index >= 15 is 0 Å². The average molecular weight is 364 g/mol. The van der Waals surface area contributed by atoms with Gasteiger partial charge in [-0.05, 0) is 53.9 Å². The summed E-state index contributed by atoms with van der Waals surface area (Å²) in [4.78, 5) is 2.26. The number of rotatable bonds is 5. The largest absolute Gasteiger partial charge is 0.490 e. The minimum absolute atomic E-state index is 0.177. The molecule has 0 saturated carbocycles. The number of ether oxygens (including phenoxy) is 1. The molecular formula is C23H21FOS. The van der Waals surface area contributed by atoms with Gasteiger partial charge >= 0.3 is 0 Å². The van der Waals surface area contributed by atoms with Crippen LogP contribution >= 0.6 is 11.3 Å². The maximum absolute atomic E-state index is 14.7. The Bertz CT molecular complexity index is 916. The van der Waals surface area contributed by atoms with Gasteiger partial charge in [-0.25, -0.2) is 4.39 Å². The second-order valence-corrected chi connectivity index (χ2v) is 7.69. The van der Waals surface area contributed by atoms with E-state index in [1.165, 1.54) is 4.88 Å². The summed E-state index contributed by atoms with van der Waals surface area (Å²) < 4.78 is 20.6. The van der Waals surface area contributed by atoms with Gasteiger partial charge in [0.05, 0.1) is 0 Å². The molecule has 0 radical (unpaired) electrons. The van der Waals surface area contributed by atoms with Crippen LogP contribution < -0.4 is 4.74 Å². The van der Waals surface area contributed by atoms with Gasteiger partial charge in [0, 0.05) is 28.2 Å². The van der Waals surface area contributed by atoms with Gasteiger partial charge in [-0.15, -0.1) is 11.3 Å². The zero-order valence-corrected chi connectivity index (χ0v) is 15.6. The van der Waals surface area contributed by atoms with E-state index in [9.17, 15) is 4.39 Å². The van der Waals surface area contributed by atoms with Crippen LogP contribution in [-0.4, -0.2) is 6.10 Å². The van der Waals surface area contributed by atoms with Crippen molar-refractivity contribution in [2.45, 2.75) is 32.3 Å². The highest BCUT2D eigenvalue weighted by Crippen LogP contribution is 2.33. The van der Waals surface area contributed by atoms with Crippen LogP contribution in [-0.2, 0) is 6.42 Å². The van der Waals surface area contributed by atoms with Crippen molar-refractivity contribution in [3.63, 3.8) is 0 Å². The fourth-order valence-corrected chi connectivity index (χ4v) is 4.19. The first kappa shape index (κ1) is 17.0. The Morgan fingerprint density at radius 3 is 2.35 bits per heavy atom. The lowest BCUT2D eigenvalue weighted by atomic mass is 10.0. The second kappa shape index (κ2) is 7.46. The molecule has 3 heteroatoms. The van der Waals surface area contributed by atoms with Crippen LogP contribution in [0.2, 0.25) is 0 Å². The fraction of sp³-hybridized carbons (Fsp3) is 0.217. The van der Waals surface area contributed by atoms with Gasteiger partial charge in [0.25, 0.3) is 0 Å². The highest BCUT2D eigenvalue weighted by Gasteiger charge is 2.12. The van der Waals surface area contributed by atoms with Crippen molar-refractivity contribution < 1.29 is 9.13 Å². The quantitative estimate of drug-likeness (QED) is 0.448. The molecule has 0 saturated heterocycles. The van der Waals surface area contributed by atoms with Crippen molar-refractivity contribution in [3.8, 4) is 27.3 Å². The van der Waals surface area contributed by atoms with Crippen molar-refractivity contribution in [2.24, 2.45) is 0 Å². The molecule has 1 aliphatic carbocycles. The lowest BCUT2D eigenvalue weighted by molar-refractivity contribution is 0.216. The summed E-state index contributed by atoms with van der Waals surface area (Å²) in [5.41, 5.74) is 2.55. The van der Waals surface area contributed by atoms with E-state index in [1.54, 1.807) is 17.4 Å². The predicted molar refractivity (Wildman–Crippen MR) is 107 cm³/mol. The molecule has 0 atom stereocenters. The summed E-state index contributed by atoms with van der Waals surface area (Å²) in [6, 6.07) is 17.5. The molecule has 0 fully saturated rings. The third kappa shape index (κ3) is 3.58. The van der Waals surface area contributed by atoms with Crippen molar-refractivity contribution >= 4 is 11.3 Å². The summed E-state index contributed by atoms with van der Waals surface area (Å²) >= 11 is 1.66. The van der Waals surface area contributed by atoms with Crippen LogP contribution in [0.5, 0.6) is 5.75 Å². The van der Waals surface area contributed by atoms with E-state index in [1.807, 2.05) is 42.5 Å². The number of aryl methyl sites for hydroxylation is 1. The fourth-order valence-electron chi connectivity index (χ4n) is 3.21. The molecular weight excluding hydrogens is 343 g/mol. The summed E-state index contributed by atoms with van der Waals surface area (Å²) in [5, 5.41) is 0. The zero-order chi connectivity index (χ0) is 17.9. The Balaban J connectivity index is 1.53. The first-order valence-electron chi connectivity index (χ1n) is 9.03. The third-order valence-corrected chi connectivity index (χ3v) is 5.96. The molecule has 0 spiro atoms. The molecule has 0 bridgehead atoms. The predicted octanol–water partition coefficient (Wildman–Crippen LogP) is 6.88. The molecule has 0 unspecified atom stereocenters. The lowest BCUT2D eigenvalue weighted by Crippen LogP contribution is -2.11. The molecule has 26 heavy (non-hydrogen) atoms. The summed E-state index contributed by atoms with van der Waals surface area (Å²) in [6.07, 6.45) is 7.47. The average Bonchev–Trinajstić information content (AvgIpc) is 3.34. The zero-order valence-electron chi connectivity index (χ0n) is 14.7. The van der Waals surface area contributed by atoms with Crippen LogP contribution in [0.3, 0.4) is 0 Å². The molecule has 4 rings (SSSR count). The maximum Gasteiger partial charge on any atom is 0.132 e. The van der Waals surface area contributed by atoms with Gasteiger partial charge in [-0.2, -0.15) is 0 Å². The number of benzene rings is 2. The Morgan fingerprint density at radius 2 is 1.69 bits per heavy atom. The summed E-state index contributed by atoms with van der Waals surface area (Å²) in [5.74, 6) is 0.689. The van der Waals surface area contributed by atoms with Crippen molar-refractivity contribution in [1.29, 1.82) is 0 Å². The smallest absolute Gasteiger partial charge is 0.132 e. The molecule has 3 aromatic rings. The van der Waals surface area contributed by atoms with E-state index in [4.69, 9.17) is 4.74 Å². The van der Waals surface area contributed by atoms with E-state index in [0.29, 0.717) is 5.56 Å². The Labute approximate surface area is 157 Å². The Hall–Kier alpha value is -2.39. The second-order valence-electron chi connectivity index (χ2n) is 6.52. The minimum Gasteiger partial charge on any atom is -0.490 e. The number of hydrogen-bond acceptors (Lipinski definition) is 2. The highest BCUT2D eigenvalue weighted by molar-refractivity contribution is 7.15. The van der Waals surface area contributed by atoms with Crippen LogP contribution in [0, 0.1) is 5.82 Å². The van der Waals surface area contributed by atoms with Crippen molar-refractivity contribution in [3.05, 3.63) is 77.4 Å². The molecule has 1 heterocycles. The molecule has 0 N–H and O–H groups in total. The first-order chi connectivity index (χ1) is 12.7. The van der Waals surface area contributed by atoms with Crippen LogP contribution in [0.25, 0.3) is 21.6 Å². The summed E-state index contributed by atoms with van der Waals surface area (Å²) in [6.45, 7) is 2.12. The SMILES string of the molecule is CCc1ccc(-c2ccc(-c3ccc(OC4CC=CC4)cc3)cc2F)s1. The van der Waals surface area contributed by atoms with Crippen LogP contribution in [0.4, 0.5) is 4.39 Å². The molecule has 132 valence electrons. The molecule has 1 aromatic heterocycles. The maximum atomic E-state index is 14.7. The first-order valence-corrected chi connectivity index (χ1v) is 9.85. The minimum atomic E-state index is -0.177. The third-order valence-electron chi connectivity index (χ3n) is 4.70. The molecule has 0 aliphatic heterocycles. The van der Waals surface area contributed by atoms with E-state index in [2.05, 4.69) is 25.1 Å². The Kier molecular flexibility index (Phi) is 4.89. The van der Waals surface area contributed by atoms with E-state index in [-0.39, 0.29) is 11.9 Å². The van der Waals surface area contributed by atoms with E-state index < -0.39 is 0 Å².